The third-order valence-corrected chi connectivity index (χ3v) is 3.92. The Hall–Kier alpha value is -2.11. The van der Waals surface area contributed by atoms with Gasteiger partial charge in [0.2, 0.25) is 6.79 Å². The monoisotopic (exact) mass is 357 g/mol. The fraction of sp³-hybridized carbons (Fsp3) is 0.533. The smallest absolute Gasteiger partial charge is 0.412 e. The first-order valence-corrected chi connectivity index (χ1v) is 7.56. The van der Waals surface area contributed by atoms with Crippen molar-refractivity contribution in [2.45, 2.75) is 30.7 Å². The van der Waals surface area contributed by atoms with Crippen LogP contribution in [0.15, 0.2) is 18.2 Å². The van der Waals surface area contributed by atoms with Gasteiger partial charge in [0.05, 0.1) is 6.61 Å². The van der Waals surface area contributed by atoms with Crippen LogP contribution in [0.5, 0.6) is 11.5 Å². The van der Waals surface area contributed by atoms with E-state index in [0.29, 0.717) is 17.2 Å². The van der Waals surface area contributed by atoms with E-state index < -0.39 is 43.4 Å². The predicted octanol–water partition coefficient (Wildman–Crippen LogP) is -0.582. The van der Waals surface area contributed by atoms with Gasteiger partial charge in [-0.2, -0.15) is 0 Å². The molecule has 0 aromatic heterocycles. The zero-order chi connectivity index (χ0) is 18.0. The first-order valence-electron chi connectivity index (χ1n) is 7.56. The number of benzene rings is 1. The molecule has 1 aromatic rings. The zero-order valence-corrected chi connectivity index (χ0v) is 13.3. The normalized spacial score (nSPS) is 30.8. The molecular weight excluding hydrogens is 338 g/mol. The van der Waals surface area contributed by atoms with Gasteiger partial charge in [-0.25, -0.2) is 4.79 Å². The minimum absolute atomic E-state index is 0.103. The number of ether oxygens (including phenoxy) is 5. The fourth-order valence-electron chi connectivity index (χ4n) is 2.64. The summed E-state index contributed by atoms with van der Waals surface area (Å²) in [5, 5.41) is 31.9. The summed E-state index contributed by atoms with van der Waals surface area (Å²) >= 11 is 0. The largest absolute Gasteiger partial charge is 0.454 e. The van der Waals surface area contributed by atoms with Crippen LogP contribution in [0.3, 0.4) is 0 Å². The minimum Gasteiger partial charge on any atom is -0.454 e. The van der Waals surface area contributed by atoms with Crippen LogP contribution in [0.2, 0.25) is 0 Å². The van der Waals surface area contributed by atoms with E-state index in [4.69, 9.17) is 23.7 Å². The van der Waals surface area contributed by atoms with Crippen LogP contribution in [0.4, 0.5) is 10.5 Å². The Kier molecular flexibility index (Phi) is 5.25. The van der Waals surface area contributed by atoms with Gasteiger partial charge >= 0.3 is 6.09 Å². The van der Waals surface area contributed by atoms with Crippen LogP contribution < -0.4 is 14.8 Å². The molecule has 1 amide bonds. The summed E-state index contributed by atoms with van der Waals surface area (Å²) in [7, 11) is 1.28. The molecule has 1 aromatic carbocycles. The molecule has 25 heavy (non-hydrogen) atoms. The van der Waals surface area contributed by atoms with E-state index in [0.717, 1.165) is 0 Å². The number of methoxy groups -OCH3 is 1. The lowest BCUT2D eigenvalue weighted by Crippen LogP contribution is -2.60. The van der Waals surface area contributed by atoms with Gasteiger partial charge in [0.1, 0.15) is 18.3 Å². The standard InChI is InChI=1S/C15H19NO9/c1-21-14-12(19)11(18)13(10(5-17)24-14)25-15(20)16-7-2-3-8-9(4-7)23-6-22-8/h2-4,10-14,17-19H,5-6H2,1H3,(H,16,20)/t10-,11-,12+,13-,14+/m1/s1. The zero-order valence-electron chi connectivity index (χ0n) is 13.3. The van der Waals surface area contributed by atoms with E-state index in [9.17, 15) is 20.1 Å². The summed E-state index contributed by atoms with van der Waals surface area (Å²) in [6.45, 7) is -0.433. The maximum atomic E-state index is 12.1. The summed E-state index contributed by atoms with van der Waals surface area (Å²) in [5.74, 6) is 1.04. The number of anilines is 1. The Balaban J connectivity index is 1.64. The molecule has 0 saturated carbocycles. The maximum Gasteiger partial charge on any atom is 0.412 e. The number of rotatable bonds is 4. The highest BCUT2D eigenvalue weighted by molar-refractivity contribution is 5.85. The molecule has 10 nitrogen and oxygen atoms in total. The number of aliphatic hydroxyl groups excluding tert-OH is 3. The summed E-state index contributed by atoms with van der Waals surface area (Å²) in [4.78, 5) is 12.1. The van der Waals surface area contributed by atoms with Crippen molar-refractivity contribution in [3.8, 4) is 11.5 Å². The number of aliphatic hydroxyl groups is 3. The van der Waals surface area contributed by atoms with Crippen LogP contribution in [0, 0.1) is 0 Å². The number of hydrogen-bond acceptors (Lipinski definition) is 9. The van der Waals surface area contributed by atoms with E-state index in [1.807, 2.05) is 0 Å². The first kappa shape index (κ1) is 17.7. The average molecular weight is 357 g/mol. The second-order valence-electron chi connectivity index (χ2n) is 5.51. The molecule has 1 fully saturated rings. The molecule has 4 N–H and O–H groups in total. The molecule has 0 unspecified atom stereocenters. The number of amides is 1. The first-order chi connectivity index (χ1) is 12.0. The van der Waals surface area contributed by atoms with Crippen LogP contribution in [-0.4, -0.2) is 72.6 Å². The van der Waals surface area contributed by atoms with Crippen molar-refractivity contribution in [1.82, 2.24) is 0 Å². The summed E-state index contributed by atoms with van der Waals surface area (Å²) in [5.41, 5.74) is 0.385. The van der Waals surface area contributed by atoms with Crippen molar-refractivity contribution >= 4 is 11.8 Å². The Morgan fingerprint density at radius 2 is 2.04 bits per heavy atom. The van der Waals surface area contributed by atoms with E-state index in [1.165, 1.54) is 7.11 Å². The topological polar surface area (TPSA) is 136 Å². The molecule has 2 aliphatic heterocycles. The lowest BCUT2D eigenvalue weighted by molar-refractivity contribution is -0.293. The Bertz CT molecular complexity index is 623. The molecule has 2 heterocycles. The van der Waals surface area contributed by atoms with E-state index in [-0.39, 0.29) is 6.79 Å². The summed E-state index contributed by atoms with van der Waals surface area (Å²) < 4.78 is 25.6. The van der Waals surface area contributed by atoms with E-state index in [1.54, 1.807) is 18.2 Å². The van der Waals surface area contributed by atoms with Crippen LogP contribution in [0.25, 0.3) is 0 Å². The molecule has 2 aliphatic rings. The highest BCUT2D eigenvalue weighted by Gasteiger charge is 2.46. The van der Waals surface area contributed by atoms with Gasteiger partial charge in [-0.05, 0) is 12.1 Å². The third kappa shape index (κ3) is 3.62. The lowest BCUT2D eigenvalue weighted by Gasteiger charge is -2.40. The van der Waals surface area contributed by atoms with Crippen molar-refractivity contribution < 1.29 is 43.8 Å². The molecule has 1 saturated heterocycles. The Morgan fingerprint density at radius 1 is 1.28 bits per heavy atom. The van der Waals surface area contributed by atoms with Crippen molar-refractivity contribution in [1.29, 1.82) is 0 Å². The van der Waals surface area contributed by atoms with Crippen molar-refractivity contribution in [2.24, 2.45) is 0 Å². The van der Waals surface area contributed by atoms with Gasteiger partial charge in [-0.15, -0.1) is 0 Å². The molecule has 0 bridgehead atoms. The second kappa shape index (κ2) is 7.42. The van der Waals surface area contributed by atoms with Gasteiger partial charge in [0, 0.05) is 18.9 Å². The number of hydrogen-bond donors (Lipinski definition) is 4. The fourth-order valence-corrected chi connectivity index (χ4v) is 2.64. The second-order valence-corrected chi connectivity index (χ2v) is 5.51. The van der Waals surface area contributed by atoms with Gasteiger partial charge < -0.3 is 39.0 Å². The van der Waals surface area contributed by atoms with Crippen LogP contribution in [0.1, 0.15) is 0 Å². The highest BCUT2D eigenvalue weighted by atomic mass is 16.7. The van der Waals surface area contributed by atoms with Crippen molar-refractivity contribution in [3.05, 3.63) is 18.2 Å². The van der Waals surface area contributed by atoms with Gasteiger partial charge in [0.15, 0.2) is 23.9 Å². The van der Waals surface area contributed by atoms with Crippen molar-refractivity contribution in [2.75, 3.05) is 25.8 Å². The van der Waals surface area contributed by atoms with Gasteiger partial charge in [-0.3, -0.25) is 5.32 Å². The SMILES string of the molecule is CO[C@H]1O[C@H](CO)[C@@H](OC(=O)Nc2ccc3c(c2)OCO3)[C@H](O)[C@@H]1O. The molecule has 138 valence electrons. The maximum absolute atomic E-state index is 12.1. The summed E-state index contributed by atoms with van der Waals surface area (Å²) in [6, 6.07) is 4.76. The Labute approximate surface area is 142 Å². The minimum atomic E-state index is -1.49. The lowest BCUT2D eigenvalue weighted by atomic mass is 9.99. The quantitative estimate of drug-likeness (QED) is 0.558. The molecule has 0 spiro atoms. The van der Waals surface area contributed by atoms with E-state index >= 15 is 0 Å². The highest BCUT2D eigenvalue weighted by Crippen LogP contribution is 2.34. The Morgan fingerprint density at radius 3 is 2.76 bits per heavy atom. The van der Waals surface area contributed by atoms with E-state index in [2.05, 4.69) is 5.32 Å². The number of nitrogens with one attached hydrogen (secondary N) is 1. The van der Waals surface area contributed by atoms with Crippen LogP contribution in [-0.2, 0) is 14.2 Å². The predicted molar refractivity (Wildman–Crippen MR) is 81.2 cm³/mol. The molecule has 3 rings (SSSR count). The number of carbonyl (C=O) groups is 1. The molecule has 0 radical (unpaired) electrons. The van der Waals surface area contributed by atoms with Crippen molar-refractivity contribution in [3.63, 3.8) is 0 Å². The molecular formula is C15H19NO9. The van der Waals surface area contributed by atoms with Gasteiger partial charge in [-0.1, -0.05) is 0 Å². The number of carbonyl (C=O) groups excluding carboxylic acids is 1. The molecule has 0 aliphatic carbocycles. The molecule has 10 heteroatoms. The van der Waals surface area contributed by atoms with Gasteiger partial charge in [0.25, 0.3) is 0 Å². The number of fused-ring (bicyclic) bond motifs is 1. The van der Waals surface area contributed by atoms with Crippen LogP contribution >= 0.6 is 0 Å². The third-order valence-electron chi connectivity index (χ3n) is 3.92. The summed E-state index contributed by atoms with van der Waals surface area (Å²) in [6.07, 6.45) is -7.28. The average Bonchev–Trinajstić information content (AvgIpc) is 3.07. The molecule has 5 atom stereocenters.